The van der Waals surface area contributed by atoms with Gasteiger partial charge in [0.2, 0.25) is 0 Å². The van der Waals surface area contributed by atoms with Crippen molar-refractivity contribution < 1.29 is 4.74 Å². The predicted octanol–water partition coefficient (Wildman–Crippen LogP) is 1.63. The number of ether oxygens (including phenoxy) is 1. The molecule has 1 N–H and O–H groups in total. The van der Waals surface area contributed by atoms with Gasteiger partial charge in [0.1, 0.15) is 0 Å². The third kappa shape index (κ3) is 2.38. The van der Waals surface area contributed by atoms with E-state index in [1.807, 2.05) is 0 Å². The van der Waals surface area contributed by atoms with Gasteiger partial charge in [-0.3, -0.25) is 4.90 Å². The molecular formula is C14H26N2O. The van der Waals surface area contributed by atoms with E-state index in [9.17, 15) is 0 Å². The fourth-order valence-corrected chi connectivity index (χ4v) is 4.06. The number of hydrogen-bond acceptors (Lipinski definition) is 3. The van der Waals surface area contributed by atoms with Gasteiger partial charge in [0.05, 0.1) is 6.61 Å². The zero-order valence-electron chi connectivity index (χ0n) is 11.0. The van der Waals surface area contributed by atoms with Crippen LogP contribution in [0.4, 0.5) is 0 Å². The Balaban J connectivity index is 1.67. The Morgan fingerprint density at radius 3 is 2.82 bits per heavy atom. The third-order valence-corrected chi connectivity index (χ3v) is 4.93. The van der Waals surface area contributed by atoms with Crippen LogP contribution in [0.25, 0.3) is 0 Å². The van der Waals surface area contributed by atoms with Crippen molar-refractivity contribution in [1.82, 2.24) is 10.2 Å². The Hall–Kier alpha value is -0.120. The molecular weight excluding hydrogens is 212 g/mol. The van der Waals surface area contributed by atoms with Gasteiger partial charge in [-0.1, -0.05) is 6.92 Å². The Kier molecular flexibility index (Phi) is 3.69. The maximum atomic E-state index is 5.59. The molecule has 0 aromatic carbocycles. The highest BCUT2D eigenvalue weighted by atomic mass is 16.5. The summed E-state index contributed by atoms with van der Waals surface area (Å²) in [6.07, 6.45) is 6.80. The first kappa shape index (κ1) is 11.9. The molecule has 0 saturated carbocycles. The van der Waals surface area contributed by atoms with Crippen molar-refractivity contribution in [2.45, 2.75) is 57.2 Å². The monoisotopic (exact) mass is 238 g/mol. The second-order valence-electron chi connectivity index (χ2n) is 6.06. The molecule has 0 aromatic heterocycles. The lowest BCUT2D eigenvalue weighted by molar-refractivity contribution is -0.0141. The minimum atomic E-state index is 0.714. The van der Waals surface area contributed by atoms with Crippen LogP contribution < -0.4 is 5.32 Å². The number of hydrogen-bond donors (Lipinski definition) is 1. The molecule has 3 nitrogen and oxygen atoms in total. The van der Waals surface area contributed by atoms with E-state index in [0.717, 1.165) is 31.3 Å². The van der Waals surface area contributed by atoms with E-state index in [-0.39, 0.29) is 0 Å². The summed E-state index contributed by atoms with van der Waals surface area (Å²) in [4.78, 5) is 2.82. The average molecular weight is 238 g/mol. The summed E-state index contributed by atoms with van der Waals surface area (Å²) in [7, 11) is 0. The van der Waals surface area contributed by atoms with Gasteiger partial charge in [-0.25, -0.2) is 0 Å². The molecule has 4 atom stereocenters. The summed E-state index contributed by atoms with van der Waals surface area (Å²) in [6.45, 7) is 6.85. The molecule has 3 saturated heterocycles. The summed E-state index contributed by atoms with van der Waals surface area (Å²) < 4.78 is 5.59. The Morgan fingerprint density at radius 2 is 2.06 bits per heavy atom. The van der Waals surface area contributed by atoms with Crippen molar-refractivity contribution in [3.63, 3.8) is 0 Å². The van der Waals surface area contributed by atoms with E-state index >= 15 is 0 Å². The minimum Gasteiger partial charge on any atom is -0.381 e. The van der Waals surface area contributed by atoms with Gasteiger partial charge in [-0.2, -0.15) is 0 Å². The van der Waals surface area contributed by atoms with Crippen LogP contribution in [0, 0.1) is 5.92 Å². The van der Waals surface area contributed by atoms with Crippen LogP contribution in [0.3, 0.4) is 0 Å². The topological polar surface area (TPSA) is 24.5 Å². The maximum absolute atomic E-state index is 5.59. The van der Waals surface area contributed by atoms with Crippen molar-refractivity contribution in [2.24, 2.45) is 5.92 Å². The number of likely N-dealkylation sites (tertiary alicyclic amines) is 1. The van der Waals surface area contributed by atoms with E-state index in [1.54, 1.807) is 0 Å². The fourth-order valence-electron chi connectivity index (χ4n) is 4.06. The molecule has 3 aliphatic rings. The molecule has 0 aliphatic carbocycles. The van der Waals surface area contributed by atoms with Crippen molar-refractivity contribution >= 4 is 0 Å². The third-order valence-electron chi connectivity index (χ3n) is 4.93. The molecule has 3 aliphatic heterocycles. The zero-order valence-corrected chi connectivity index (χ0v) is 11.0. The molecule has 3 heteroatoms. The molecule has 0 bridgehead atoms. The molecule has 0 spiro atoms. The Bertz CT molecular complexity index is 253. The van der Waals surface area contributed by atoms with Crippen molar-refractivity contribution in [1.29, 1.82) is 0 Å². The van der Waals surface area contributed by atoms with Crippen LogP contribution in [-0.2, 0) is 4.74 Å². The largest absolute Gasteiger partial charge is 0.381 e. The lowest BCUT2D eigenvalue weighted by Crippen LogP contribution is -2.52. The van der Waals surface area contributed by atoms with Crippen molar-refractivity contribution in [3.8, 4) is 0 Å². The Morgan fingerprint density at radius 1 is 1.12 bits per heavy atom. The normalized spacial score (nSPS) is 44.3. The lowest BCUT2D eigenvalue weighted by Gasteiger charge is -2.41. The second-order valence-corrected chi connectivity index (χ2v) is 6.06. The maximum Gasteiger partial charge on any atom is 0.0506 e. The summed E-state index contributed by atoms with van der Waals surface area (Å²) in [6, 6.07) is 2.36. The lowest BCUT2D eigenvalue weighted by atomic mass is 9.93. The SMILES string of the molecule is CC1COCCC1N1CCCC1C1CCCN1. The first-order valence-corrected chi connectivity index (χ1v) is 7.43. The average Bonchev–Trinajstić information content (AvgIpc) is 3.00. The van der Waals surface area contributed by atoms with Crippen LogP contribution in [0.1, 0.15) is 39.0 Å². The van der Waals surface area contributed by atoms with E-state index in [2.05, 4.69) is 17.1 Å². The molecule has 17 heavy (non-hydrogen) atoms. The Labute approximate surface area is 105 Å². The summed E-state index contributed by atoms with van der Waals surface area (Å²) in [5.41, 5.74) is 0. The van der Waals surface area contributed by atoms with Gasteiger partial charge in [-0.05, 0) is 51.1 Å². The molecule has 0 radical (unpaired) electrons. The van der Waals surface area contributed by atoms with E-state index in [1.165, 1.54) is 45.2 Å². The molecule has 0 amide bonds. The van der Waals surface area contributed by atoms with E-state index in [4.69, 9.17) is 4.74 Å². The van der Waals surface area contributed by atoms with Gasteiger partial charge < -0.3 is 10.1 Å². The quantitative estimate of drug-likeness (QED) is 0.791. The van der Waals surface area contributed by atoms with E-state index in [0.29, 0.717) is 5.92 Å². The molecule has 98 valence electrons. The highest BCUT2D eigenvalue weighted by molar-refractivity contribution is 4.96. The second kappa shape index (κ2) is 5.25. The molecule has 3 rings (SSSR count). The van der Waals surface area contributed by atoms with Crippen LogP contribution in [0.2, 0.25) is 0 Å². The molecule has 3 heterocycles. The van der Waals surface area contributed by atoms with Gasteiger partial charge in [0.15, 0.2) is 0 Å². The number of nitrogens with zero attached hydrogens (tertiary/aromatic N) is 1. The number of rotatable bonds is 2. The summed E-state index contributed by atoms with van der Waals surface area (Å²) >= 11 is 0. The first-order chi connectivity index (χ1) is 8.36. The molecule has 4 unspecified atom stereocenters. The van der Waals surface area contributed by atoms with Gasteiger partial charge >= 0.3 is 0 Å². The standard InChI is InChI=1S/C14H26N2O/c1-11-10-17-9-6-13(11)16-8-3-5-14(16)12-4-2-7-15-12/h11-15H,2-10H2,1H3. The van der Waals surface area contributed by atoms with Gasteiger partial charge in [-0.15, -0.1) is 0 Å². The smallest absolute Gasteiger partial charge is 0.0506 e. The zero-order chi connectivity index (χ0) is 11.7. The molecule has 3 fully saturated rings. The fraction of sp³-hybridized carbons (Fsp3) is 1.00. The highest BCUT2D eigenvalue weighted by Crippen LogP contribution is 2.31. The van der Waals surface area contributed by atoms with Crippen LogP contribution in [-0.4, -0.2) is 49.3 Å². The molecule has 0 aromatic rings. The van der Waals surface area contributed by atoms with Crippen molar-refractivity contribution in [2.75, 3.05) is 26.3 Å². The van der Waals surface area contributed by atoms with E-state index < -0.39 is 0 Å². The first-order valence-electron chi connectivity index (χ1n) is 7.43. The van der Waals surface area contributed by atoms with Gasteiger partial charge in [0.25, 0.3) is 0 Å². The minimum absolute atomic E-state index is 0.714. The van der Waals surface area contributed by atoms with Crippen LogP contribution in [0.15, 0.2) is 0 Å². The summed E-state index contributed by atoms with van der Waals surface area (Å²) in [5, 5.41) is 3.71. The van der Waals surface area contributed by atoms with Crippen molar-refractivity contribution in [3.05, 3.63) is 0 Å². The number of nitrogens with one attached hydrogen (secondary N) is 1. The van der Waals surface area contributed by atoms with Crippen LogP contribution in [0.5, 0.6) is 0 Å². The highest BCUT2D eigenvalue weighted by Gasteiger charge is 2.39. The van der Waals surface area contributed by atoms with Gasteiger partial charge in [0, 0.05) is 24.7 Å². The predicted molar refractivity (Wildman–Crippen MR) is 69.1 cm³/mol. The summed E-state index contributed by atoms with van der Waals surface area (Å²) in [5.74, 6) is 0.714. The van der Waals surface area contributed by atoms with Crippen LogP contribution >= 0.6 is 0 Å².